The average Bonchev–Trinajstić information content (AvgIpc) is 2.61. The van der Waals surface area contributed by atoms with Crippen molar-refractivity contribution >= 4 is 17.4 Å². The molecule has 1 aliphatic rings. The molecule has 2 aromatic rings. The summed E-state index contributed by atoms with van der Waals surface area (Å²) in [6.07, 6.45) is -4.84. The number of hydrogen-bond donors (Lipinski definition) is 0. The molecule has 3 rings (SSSR count). The predicted octanol–water partition coefficient (Wildman–Crippen LogP) is 4.85. The monoisotopic (exact) mass is 385 g/mol. The van der Waals surface area contributed by atoms with E-state index < -0.39 is 12.0 Å². The first-order chi connectivity index (χ1) is 12.2. The molecule has 26 heavy (non-hydrogen) atoms. The summed E-state index contributed by atoms with van der Waals surface area (Å²) in [7, 11) is 0. The Balaban J connectivity index is 1.90. The minimum absolute atomic E-state index is 0.133. The maximum absolute atomic E-state index is 13.2. The summed E-state index contributed by atoms with van der Waals surface area (Å²) in [6, 6.07) is 8.88. The third-order valence-corrected chi connectivity index (χ3v) is 4.46. The van der Waals surface area contributed by atoms with Gasteiger partial charge in [-0.25, -0.2) is 9.97 Å². The summed E-state index contributed by atoms with van der Waals surface area (Å²) in [5, 5.41) is 0.619. The van der Waals surface area contributed by atoms with Crippen LogP contribution in [0.3, 0.4) is 0 Å². The van der Waals surface area contributed by atoms with Crippen LogP contribution in [-0.4, -0.2) is 29.7 Å². The Hall–Kier alpha value is -1.86. The number of morpholine rings is 1. The highest BCUT2D eigenvalue weighted by molar-refractivity contribution is 6.30. The van der Waals surface area contributed by atoms with Crippen LogP contribution in [0.1, 0.15) is 43.0 Å². The SMILES string of the molecule is CC(C)c1cc(N2CCO[C@@H](c3ccc(Cl)cc3)C2)nc(C(F)(F)F)n1. The summed E-state index contributed by atoms with van der Waals surface area (Å²) >= 11 is 5.91. The quantitative estimate of drug-likeness (QED) is 0.757. The number of rotatable bonds is 3. The average molecular weight is 386 g/mol. The molecule has 1 atom stereocenters. The molecule has 1 fully saturated rings. The normalized spacial score (nSPS) is 18.4. The topological polar surface area (TPSA) is 38.2 Å². The van der Waals surface area contributed by atoms with Gasteiger partial charge in [-0.15, -0.1) is 0 Å². The molecule has 0 aliphatic carbocycles. The highest BCUT2D eigenvalue weighted by atomic mass is 35.5. The fourth-order valence-corrected chi connectivity index (χ4v) is 2.90. The lowest BCUT2D eigenvalue weighted by Crippen LogP contribution is -2.39. The Morgan fingerprint density at radius 2 is 1.88 bits per heavy atom. The molecule has 0 spiro atoms. The van der Waals surface area contributed by atoms with Gasteiger partial charge in [-0.1, -0.05) is 37.6 Å². The summed E-state index contributed by atoms with van der Waals surface area (Å²) in [5.74, 6) is -0.961. The lowest BCUT2D eigenvalue weighted by atomic mass is 10.1. The van der Waals surface area contributed by atoms with E-state index in [9.17, 15) is 13.2 Å². The van der Waals surface area contributed by atoms with Gasteiger partial charge >= 0.3 is 6.18 Å². The maximum Gasteiger partial charge on any atom is 0.451 e. The number of alkyl halides is 3. The van der Waals surface area contributed by atoms with Crippen molar-refractivity contribution < 1.29 is 17.9 Å². The van der Waals surface area contributed by atoms with Gasteiger partial charge in [0.25, 0.3) is 0 Å². The minimum Gasteiger partial charge on any atom is -0.370 e. The summed E-state index contributed by atoms with van der Waals surface area (Å²) in [4.78, 5) is 9.25. The van der Waals surface area contributed by atoms with E-state index in [2.05, 4.69) is 9.97 Å². The van der Waals surface area contributed by atoms with Crippen LogP contribution in [0.4, 0.5) is 19.0 Å². The molecule has 1 aromatic carbocycles. The predicted molar refractivity (Wildman–Crippen MR) is 93.5 cm³/mol. The number of hydrogen-bond acceptors (Lipinski definition) is 4. The van der Waals surface area contributed by atoms with Crippen molar-refractivity contribution in [1.29, 1.82) is 0 Å². The van der Waals surface area contributed by atoms with Gasteiger partial charge in [0.05, 0.1) is 6.61 Å². The Labute approximate surface area is 155 Å². The molecule has 1 saturated heterocycles. The fraction of sp³-hybridized carbons (Fsp3) is 0.444. The third-order valence-electron chi connectivity index (χ3n) is 4.21. The second-order valence-electron chi connectivity index (χ2n) is 6.48. The smallest absolute Gasteiger partial charge is 0.370 e. The first kappa shape index (κ1) is 18.9. The van der Waals surface area contributed by atoms with E-state index in [1.807, 2.05) is 30.9 Å². The van der Waals surface area contributed by atoms with E-state index in [1.54, 1.807) is 18.2 Å². The zero-order valence-corrected chi connectivity index (χ0v) is 15.2. The van der Waals surface area contributed by atoms with Crippen molar-refractivity contribution in [3.05, 3.63) is 52.4 Å². The first-order valence-electron chi connectivity index (χ1n) is 8.32. The molecular formula is C18H19ClF3N3O. The Bertz CT molecular complexity index is 765. The maximum atomic E-state index is 13.2. The van der Waals surface area contributed by atoms with Crippen LogP contribution in [0, 0.1) is 0 Å². The molecule has 0 bridgehead atoms. The van der Waals surface area contributed by atoms with E-state index >= 15 is 0 Å². The Kier molecular flexibility index (Phi) is 5.39. The second kappa shape index (κ2) is 7.40. The molecule has 4 nitrogen and oxygen atoms in total. The number of aromatic nitrogens is 2. The van der Waals surface area contributed by atoms with Gasteiger partial charge in [0.2, 0.25) is 5.82 Å². The largest absolute Gasteiger partial charge is 0.451 e. The molecule has 0 radical (unpaired) electrons. The van der Waals surface area contributed by atoms with Crippen LogP contribution in [0.15, 0.2) is 30.3 Å². The van der Waals surface area contributed by atoms with Crippen molar-refractivity contribution in [2.24, 2.45) is 0 Å². The molecule has 1 aliphatic heterocycles. The van der Waals surface area contributed by atoms with Gasteiger partial charge in [-0.2, -0.15) is 13.2 Å². The lowest BCUT2D eigenvalue weighted by molar-refractivity contribution is -0.145. The number of anilines is 1. The number of benzene rings is 1. The molecule has 0 amide bonds. The highest BCUT2D eigenvalue weighted by Gasteiger charge is 2.36. The summed E-state index contributed by atoms with van der Waals surface area (Å²) in [5.41, 5.74) is 1.30. The Morgan fingerprint density at radius 1 is 1.19 bits per heavy atom. The van der Waals surface area contributed by atoms with Crippen molar-refractivity contribution in [2.75, 3.05) is 24.6 Å². The number of nitrogens with zero attached hydrogens (tertiary/aromatic N) is 3. The summed E-state index contributed by atoms with van der Waals surface area (Å²) in [6.45, 7) is 4.89. The molecule has 8 heteroatoms. The molecule has 0 N–H and O–H groups in total. The summed E-state index contributed by atoms with van der Waals surface area (Å²) < 4.78 is 45.3. The van der Waals surface area contributed by atoms with Gasteiger partial charge in [-0.3, -0.25) is 0 Å². The van der Waals surface area contributed by atoms with Gasteiger partial charge in [0, 0.05) is 29.9 Å². The van der Waals surface area contributed by atoms with Gasteiger partial charge in [0.15, 0.2) is 0 Å². The van der Waals surface area contributed by atoms with E-state index in [4.69, 9.17) is 16.3 Å². The van der Waals surface area contributed by atoms with Crippen LogP contribution in [0.2, 0.25) is 5.02 Å². The fourth-order valence-electron chi connectivity index (χ4n) is 2.77. The molecule has 2 heterocycles. The molecule has 140 valence electrons. The molecular weight excluding hydrogens is 367 g/mol. The van der Waals surface area contributed by atoms with Gasteiger partial charge in [-0.05, 0) is 23.6 Å². The second-order valence-corrected chi connectivity index (χ2v) is 6.92. The van der Waals surface area contributed by atoms with E-state index in [1.165, 1.54) is 0 Å². The molecule has 0 saturated carbocycles. The zero-order chi connectivity index (χ0) is 18.9. The lowest BCUT2D eigenvalue weighted by Gasteiger charge is -2.34. The first-order valence-corrected chi connectivity index (χ1v) is 8.70. The van der Waals surface area contributed by atoms with E-state index in [0.29, 0.717) is 30.4 Å². The van der Waals surface area contributed by atoms with Crippen LogP contribution in [-0.2, 0) is 10.9 Å². The minimum atomic E-state index is -4.58. The van der Waals surface area contributed by atoms with Crippen LogP contribution >= 0.6 is 11.6 Å². The number of ether oxygens (including phenoxy) is 1. The van der Waals surface area contributed by atoms with Gasteiger partial charge in [0.1, 0.15) is 11.9 Å². The van der Waals surface area contributed by atoms with Crippen LogP contribution in [0.5, 0.6) is 0 Å². The van der Waals surface area contributed by atoms with Crippen LogP contribution in [0.25, 0.3) is 0 Å². The van der Waals surface area contributed by atoms with Crippen molar-refractivity contribution in [2.45, 2.75) is 32.0 Å². The van der Waals surface area contributed by atoms with Crippen molar-refractivity contribution in [1.82, 2.24) is 9.97 Å². The van der Waals surface area contributed by atoms with Gasteiger partial charge < -0.3 is 9.64 Å². The van der Waals surface area contributed by atoms with Crippen molar-refractivity contribution in [3.63, 3.8) is 0 Å². The molecule has 1 aromatic heterocycles. The van der Waals surface area contributed by atoms with Crippen LogP contribution < -0.4 is 4.90 Å². The highest BCUT2D eigenvalue weighted by Crippen LogP contribution is 2.31. The molecule has 0 unspecified atom stereocenters. The van der Waals surface area contributed by atoms with E-state index in [-0.39, 0.29) is 17.8 Å². The standard InChI is InChI=1S/C18H19ClF3N3O/c1-11(2)14-9-16(24-17(23-14)18(20,21)22)25-7-8-26-15(10-25)12-3-5-13(19)6-4-12/h3-6,9,11,15H,7-8,10H2,1-2H3/t15-/m1/s1. The number of halogens is 4. The third kappa shape index (κ3) is 4.27. The Morgan fingerprint density at radius 3 is 2.50 bits per heavy atom. The van der Waals surface area contributed by atoms with Crippen molar-refractivity contribution in [3.8, 4) is 0 Å². The zero-order valence-electron chi connectivity index (χ0n) is 14.4. The van der Waals surface area contributed by atoms with E-state index in [0.717, 1.165) is 5.56 Å².